The Balaban J connectivity index is 0.00000288. The van der Waals surface area contributed by atoms with Crippen LogP contribution in [0.2, 0.25) is 0 Å². The molecule has 0 radical (unpaired) electrons. The number of rotatable bonds is 6. The molecule has 0 saturated heterocycles. The van der Waals surface area contributed by atoms with Crippen molar-refractivity contribution in [1.82, 2.24) is 5.32 Å². The summed E-state index contributed by atoms with van der Waals surface area (Å²) in [5, 5.41) is 3.09. The molecule has 0 fully saturated rings. The number of hydrogen-bond donors (Lipinski definition) is 2. The van der Waals surface area contributed by atoms with Gasteiger partial charge in [0.2, 0.25) is 5.91 Å². The smallest absolute Gasteiger partial charge is 0.222 e. The van der Waals surface area contributed by atoms with Crippen LogP contribution in [0, 0.1) is 0 Å². The van der Waals surface area contributed by atoms with Gasteiger partial charge in [-0.1, -0.05) is 61.5 Å². The molecule has 4 heteroatoms. The van der Waals surface area contributed by atoms with Crippen molar-refractivity contribution < 1.29 is 4.79 Å². The predicted molar refractivity (Wildman–Crippen MR) is 102 cm³/mol. The average Bonchev–Trinajstić information content (AvgIpc) is 2.55. The molecule has 0 saturated carbocycles. The number of nitrogens with two attached hydrogens (primary N) is 1. The van der Waals surface area contributed by atoms with Gasteiger partial charge >= 0.3 is 0 Å². The molecule has 0 aliphatic heterocycles. The average molecular weight is 347 g/mol. The lowest BCUT2D eigenvalue weighted by Crippen LogP contribution is -2.42. The fourth-order valence-corrected chi connectivity index (χ4v) is 2.65. The first-order chi connectivity index (χ1) is 10.9. The number of carbonyl (C=O) groups is 1. The Labute approximate surface area is 151 Å². The molecule has 2 aromatic carbocycles. The number of benzene rings is 2. The molecular formula is C20H27ClN2O. The van der Waals surface area contributed by atoms with Gasteiger partial charge in [0.25, 0.3) is 0 Å². The van der Waals surface area contributed by atoms with Crippen molar-refractivity contribution in [2.45, 2.75) is 45.2 Å². The van der Waals surface area contributed by atoms with E-state index in [1.54, 1.807) is 0 Å². The zero-order valence-corrected chi connectivity index (χ0v) is 15.4. The molecule has 24 heavy (non-hydrogen) atoms. The van der Waals surface area contributed by atoms with Crippen LogP contribution in [0.3, 0.4) is 0 Å². The highest BCUT2D eigenvalue weighted by Crippen LogP contribution is 2.22. The maximum Gasteiger partial charge on any atom is 0.222 e. The van der Waals surface area contributed by atoms with Gasteiger partial charge in [-0.3, -0.25) is 4.79 Å². The van der Waals surface area contributed by atoms with Gasteiger partial charge in [0, 0.05) is 12.5 Å². The minimum Gasteiger partial charge on any atom is -0.347 e. The van der Waals surface area contributed by atoms with E-state index in [-0.39, 0.29) is 30.8 Å². The second kappa shape index (κ2) is 8.86. The molecule has 130 valence electrons. The van der Waals surface area contributed by atoms with Crippen LogP contribution in [0.4, 0.5) is 0 Å². The summed E-state index contributed by atoms with van der Waals surface area (Å²) in [6.45, 7) is 6.16. The Bertz CT molecular complexity index is 638. The molecule has 0 heterocycles. The summed E-state index contributed by atoms with van der Waals surface area (Å²) < 4.78 is 0. The second-order valence-electron chi connectivity index (χ2n) is 6.44. The topological polar surface area (TPSA) is 55.1 Å². The van der Waals surface area contributed by atoms with E-state index in [1.165, 1.54) is 5.56 Å². The number of carbonyl (C=O) groups excluding carboxylic acids is 1. The van der Waals surface area contributed by atoms with Gasteiger partial charge in [0.1, 0.15) is 0 Å². The molecule has 3 nitrogen and oxygen atoms in total. The summed E-state index contributed by atoms with van der Waals surface area (Å²) in [5.41, 5.74) is 9.08. The fraction of sp³-hybridized carbons (Fsp3) is 0.350. The van der Waals surface area contributed by atoms with Crippen molar-refractivity contribution >= 4 is 18.3 Å². The lowest BCUT2D eigenvalue weighted by molar-refractivity contribution is -0.123. The third-order valence-electron chi connectivity index (χ3n) is 4.17. The van der Waals surface area contributed by atoms with E-state index in [0.717, 1.165) is 17.5 Å². The molecule has 2 aromatic rings. The Hall–Kier alpha value is -1.84. The van der Waals surface area contributed by atoms with Crippen molar-refractivity contribution in [2.75, 3.05) is 0 Å². The van der Waals surface area contributed by atoms with E-state index < -0.39 is 5.54 Å². The van der Waals surface area contributed by atoms with Gasteiger partial charge in [-0.15, -0.1) is 12.4 Å². The molecule has 1 amide bonds. The van der Waals surface area contributed by atoms with Crippen molar-refractivity contribution in [3.63, 3.8) is 0 Å². The van der Waals surface area contributed by atoms with E-state index in [2.05, 4.69) is 36.5 Å². The molecule has 0 spiro atoms. The van der Waals surface area contributed by atoms with Gasteiger partial charge in [-0.25, -0.2) is 0 Å². The van der Waals surface area contributed by atoms with Crippen LogP contribution in [0.5, 0.6) is 0 Å². The van der Waals surface area contributed by atoms with Crippen LogP contribution in [-0.4, -0.2) is 5.91 Å². The van der Waals surface area contributed by atoms with Gasteiger partial charge in [0.15, 0.2) is 0 Å². The predicted octanol–water partition coefficient (Wildman–Crippen LogP) is 4.11. The maximum atomic E-state index is 12.3. The van der Waals surface area contributed by atoms with E-state index in [0.29, 0.717) is 0 Å². The quantitative estimate of drug-likeness (QED) is 0.826. The van der Waals surface area contributed by atoms with Crippen molar-refractivity contribution in [3.05, 3.63) is 71.3 Å². The van der Waals surface area contributed by atoms with Gasteiger partial charge < -0.3 is 11.1 Å². The zero-order chi connectivity index (χ0) is 16.9. The molecule has 2 rings (SSSR count). The van der Waals surface area contributed by atoms with E-state index >= 15 is 0 Å². The second-order valence-corrected chi connectivity index (χ2v) is 6.44. The third-order valence-corrected chi connectivity index (χ3v) is 4.17. The van der Waals surface area contributed by atoms with E-state index in [4.69, 9.17) is 5.73 Å². The van der Waals surface area contributed by atoms with Crippen LogP contribution >= 0.6 is 12.4 Å². The maximum absolute atomic E-state index is 12.3. The minimum atomic E-state index is -0.417. The number of hydrogen-bond acceptors (Lipinski definition) is 2. The van der Waals surface area contributed by atoms with Crippen LogP contribution in [0.15, 0.2) is 54.6 Å². The van der Waals surface area contributed by atoms with E-state index in [1.807, 2.05) is 44.2 Å². The molecule has 1 unspecified atom stereocenters. The van der Waals surface area contributed by atoms with Crippen LogP contribution in [0.25, 0.3) is 0 Å². The number of nitrogens with one attached hydrogen (secondary N) is 1. The van der Waals surface area contributed by atoms with E-state index in [9.17, 15) is 4.79 Å². The molecule has 0 aliphatic rings. The Kier molecular flexibility index (Phi) is 7.46. The van der Waals surface area contributed by atoms with Gasteiger partial charge in [-0.2, -0.15) is 0 Å². The highest BCUT2D eigenvalue weighted by Gasteiger charge is 2.23. The minimum absolute atomic E-state index is 0. The summed E-state index contributed by atoms with van der Waals surface area (Å²) in [7, 11) is 0. The first kappa shape index (κ1) is 20.2. The number of halogens is 1. The molecular weight excluding hydrogens is 320 g/mol. The highest BCUT2D eigenvalue weighted by atomic mass is 35.5. The summed E-state index contributed by atoms with van der Waals surface area (Å²) >= 11 is 0. The summed E-state index contributed by atoms with van der Waals surface area (Å²) in [6, 6.07) is 17.8. The zero-order valence-electron chi connectivity index (χ0n) is 14.6. The Morgan fingerprint density at radius 2 is 1.67 bits per heavy atom. The largest absolute Gasteiger partial charge is 0.347 e. The lowest BCUT2D eigenvalue weighted by atomic mass is 9.92. The highest BCUT2D eigenvalue weighted by molar-refractivity contribution is 5.85. The van der Waals surface area contributed by atoms with Crippen molar-refractivity contribution in [1.29, 1.82) is 0 Å². The summed E-state index contributed by atoms with van der Waals surface area (Å²) in [5.74, 6) is -0.0362. The summed E-state index contributed by atoms with van der Waals surface area (Å²) in [6.07, 6.45) is 1.29. The molecule has 0 aromatic heterocycles. The first-order valence-corrected chi connectivity index (χ1v) is 8.13. The van der Waals surface area contributed by atoms with Crippen LogP contribution in [0.1, 0.15) is 49.9 Å². The number of aryl methyl sites for hydroxylation is 1. The standard InChI is InChI=1S/C20H26N2O.ClH/c1-4-15-10-12-17(13-11-15)20(2,3)22-19(23)14-18(21)16-8-6-5-7-9-16;/h5-13,18H,4,14,21H2,1-3H3,(H,22,23);1H. The molecule has 3 N–H and O–H groups in total. The van der Waals surface area contributed by atoms with Gasteiger partial charge in [0.05, 0.1) is 5.54 Å². The fourth-order valence-electron chi connectivity index (χ4n) is 2.65. The van der Waals surface area contributed by atoms with Gasteiger partial charge in [-0.05, 0) is 37.0 Å². The SMILES string of the molecule is CCc1ccc(C(C)(C)NC(=O)CC(N)c2ccccc2)cc1.Cl. The normalized spacial score (nSPS) is 12.2. The molecule has 1 atom stereocenters. The Morgan fingerprint density at radius 3 is 2.21 bits per heavy atom. The monoisotopic (exact) mass is 346 g/mol. The summed E-state index contributed by atoms with van der Waals surface area (Å²) in [4.78, 5) is 12.3. The lowest BCUT2D eigenvalue weighted by Gasteiger charge is -2.28. The van der Waals surface area contributed by atoms with Crippen molar-refractivity contribution in [2.24, 2.45) is 5.73 Å². The first-order valence-electron chi connectivity index (χ1n) is 8.13. The van der Waals surface area contributed by atoms with Crippen LogP contribution < -0.4 is 11.1 Å². The van der Waals surface area contributed by atoms with Crippen molar-refractivity contribution in [3.8, 4) is 0 Å². The molecule has 0 bridgehead atoms. The van der Waals surface area contributed by atoms with Crippen LogP contribution in [-0.2, 0) is 16.8 Å². The Morgan fingerprint density at radius 1 is 1.08 bits per heavy atom. The molecule has 0 aliphatic carbocycles. The number of amides is 1. The third kappa shape index (κ3) is 5.36.